The van der Waals surface area contributed by atoms with Crippen molar-refractivity contribution in [1.82, 2.24) is 4.90 Å². The van der Waals surface area contributed by atoms with Gasteiger partial charge < -0.3 is 24.0 Å². The Morgan fingerprint density at radius 2 is 1.86 bits per heavy atom. The number of benzene rings is 2. The molecule has 2 atom stereocenters. The second-order valence-electron chi connectivity index (χ2n) is 9.97. The molecule has 2 aliphatic heterocycles. The van der Waals surface area contributed by atoms with E-state index in [1.54, 1.807) is 25.7 Å². The minimum absolute atomic E-state index is 0.0197. The summed E-state index contributed by atoms with van der Waals surface area (Å²) in [5, 5.41) is 0. The van der Waals surface area contributed by atoms with Gasteiger partial charge in [-0.15, -0.1) is 0 Å². The molecule has 0 bridgehead atoms. The average molecular weight is 511 g/mol. The first-order chi connectivity index (χ1) is 16.9. The Hall–Kier alpha value is -3.01. The number of carbonyl (C=O) groups is 1. The van der Waals surface area contributed by atoms with E-state index in [2.05, 4.69) is 0 Å². The zero-order valence-corrected chi connectivity index (χ0v) is 20.7. The smallest absolute Gasteiger partial charge is 0.416 e. The molecule has 10 heteroatoms. The molecule has 0 aliphatic carbocycles. The number of rotatable bonds is 3. The molecule has 2 aliphatic rings. The van der Waals surface area contributed by atoms with Crippen molar-refractivity contribution in [1.29, 1.82) is 0 Å². The number of morpholine rings is 1. The zero-order chi connectivity index (χ0) is 26.3. The van der Waals surface area contributed by atoms with E-state index in [1.807, 2.05) is 4.90 Å². The quantitative estimate of drug-likeness (QED) is 0.494. The standard InChI is InChI=1S/C26H30F4N2O4/c1-25(2,3)36-24(33)31-9-8-20-23(15-31)35-11-10-32(20)21-14-19(27)18(13-22(21)34-4)16-6-5-7-17(12-16)26(28,29)30/h5-7,12-14,20,23H,8-11,15H2,1-4H3/t20?,23-/m1/s1. The van der Waals surface area contributed by atoms with Gasteiger partial charge >= 0.3 is 12.3 Å². The van der Waals surface area contributed by atoms with Crippen LogP contribution in [0.5, 0.6) is 5.75 Å². The van der Waals surface area contributed by atoms with Crippen LogP contribution in [-0.4, -0.2) is 62.1 Å². The fourth-order valence-electron chi connectivity index (χ4n) is 4.70. The third-order valence-corrected chi connectivity index (χ3v) is 6.32. The van der Waals surface area contributed by atoms with Gasteiger partial charge in [0, 0.05) is 24.7 Å². The Kier molecular flexibility index (Phi) is 7.10. The van der Waals surface area contributed by atoms with E-state index in [9.17, 15) is 18.0 Å². The zero-order valence-electron chi connectivity index (χ0n) is 20.7. The van der Waals surface area contributed by atoms with Crippen molar-refractivity contribution in [2.45, 2.75) is 51.1 Å². The van der Waals surface area contributed by atoms with E-state index in [1.165, 1.54) is 31.4 Å². The van der Waals surface area contributed by atoms with E-state index < -0.39 is 29.3 Å². The van der Waals surface area contributed by atoms with Gasteiger partial charge in [0.15, 0.2) is 0 Å². The molecule has 6 nitrogen and oxygen atoms in total. The van der Waals surface area contributed by atoms with Crippen LogP contribution in [0.4, 0.5) is 28.0 Å². The molecule has 2 fully saturated rings. The summed E-state index contributed by atoms with van der Waals surface area (Å²) in [6, 6.07) is 7.16. The minimum Gasteiger partial charge on any atom is -0.495 e. The molecular weight excluding hydrogens is 480 g/mol. The molecule has 2 aromatic carbocycles. The van der Waals surface area contributed by atoms with Crippen LogP contribution in [0.2, 0.25) is 0 Å². The van der Waals surface area contributed by atoms with Gasteiger partial charge in [-0.2, -0.15) is 13.2 Å². The number of hydrogen-bond acceptors (Lipinski definition) is 5. The van der Waals surface area contributed by atoms with Crippen molar-refractivity contribution < 1.29 is 36.6 Å². The number of ether oxygens (including phenoxy) is 3. The highest BCUT2D eigenvalue weighted by Gasteiger charge is 2.40. The SMILES string of the molecule is COc1cc(-c2cccc(C(F)(F)F)c2)c(F)cc1N1CCO[C@@H]2CN(C(=O)OC(C)(C)C)CCC21. The Bertz CT molecular complexity index is 1120. The molecule has 2 heterocycles. The van der Waals surface area contributed by atoms with Gasteiger partial charge in [-0.05, 0) is 51.0 Å². The topological polar surface area (TPSA) is 51.2 Å². The monoisotopic (exact) mass is 510 g/mol. The van der Waals surface area contributed by atoms with Crippen LogP contribution < -0.4 is 9.64 Å². The Balaban J connectivity index is 1.60. The van der Waals surface area contributed by atoms with Gasteiger partial charge in [0.05, 0.1) is 43.7 Å². The third kappa shape index (κ3) is 5.53. The summed E-state index contributed by atoms with van der Waals surface area (Å²) >= 11 is 0. The second-order valence-corrected chi connectivity index (χ2v) is 9.97. The summed E-state index contributed by atoms with van der Waals surface area (Å²) in [6.07, 6.45) is -4.68. The first-order valence-corrected chi connectivity index (χ1v) is 11.8. The predicted octanol–water partition coefficient (Wildman–Crippen LogP) is 5.73. The summed E-state index contributed by atoms with van der Waals surface area (Å²) in [7, 11) is 1.44. The second kappa shape index (κ2) is 9.80. The number of anilines is 1. The van der Waals surface area contributed by atoms with Crippen LogP contribution in [-0.2, 0) is 15.7 Å². The van der Waals surface area contributed by atoms with Crippen LogP contribution >= 0.6 is 0 Å². The molecule has 4 rings (SSSR count). The Morgan fingerprint density at radius 1 is 1.11 bits per heavy atom. The fraction of sp³-hybridized carbons (Fsp3) is 0.500. The van der Waals surface area contributed by atoms with Gasteiger partial charge in [0.25, 0.3) is 0 Å². The van der Waals surface area contributed by atoms with E-state index in [0.717, 1.165) is 12.1 Å². The molecule has 196 valence electrons. The molecule has 1 amide bonds. The number of piperidine rings is 1. The molecular formula is C26H30F4N2O4. The van der Waals surface area contributed by atoms with Gasteiger partial charge in [-0.25, -0.2) is 9.18 Å². The largest absolute Gasteiger partial charge is 0.495 e. The summed E-state index contributed by atoms with van der Waals surface area (Å²) in [4.78, 5) is 16.2. The highest BCUT2D eigenvalue weighted by Crippen LogP contribution is 2.40. The number of halogens is 4. The normalized spacial score (nSPS) is 20.7. The molecule has 1 unspecified atom stereocenters. The molecule has 0 N–H and O–H groups in total. The van der Waals surface area contributed by atoms with E-state index in [4.69, 9.17) is 14.2 Å². The summed E-state index contributed by atoms with van der Waals surface area (Å²) < 4.78 is 71.9. The van der Waals surface area contributed by atoms with Gasteiger partial charge in [0.2, 0.25) is 0 Å². The van der Waals surface area contributed by atoms with Gasteiger partial charge in [-0.1, -0.05) is 12.1 Å². The van der Waals surface area contributed by atoms with Crippen LogP contribution in [0.1, 0.15) is 32.8 Å². The van der Waals surface area contributed by atoms with Crippen molar-refractivity contribution in [3.05, 3.63) is 47.8 Å². The van der Waals surface area contributed by atoms with E-state index in [-0.39, 0.29) is 23.3 Å². The maximum atomic E-state index is 15.3. The van der Waals surface area contributed by atoms with Crippen LogP contribution in [0.15, 0.2) is 36.4 Å². The molecule has 36 heavy (non-hydrogen) atoms. The fourth-order valence-corrected chi connectivity index (χ4v) is 4.70. The number of alkyl halides is 3. The number of carbonyl (C=O) groups excluding carboxylic acids is 1. The number of likely N-dealkylation sites (tertiary alicyclic amines) is 1. The third-order valence-electron chi connectivity index (χ3n) is 6.32. The first-order valence-electron chi connectivity index (χ1n) is 11.8. The van der Waals surface area contributed by atoms with Crippen LogP contribution in [0.25, 0.3) is 11.1 Å². The number of nitrogens with zero attached hydrogens (tertiary/aromatic N) is 2. The van der Waals surface area contributed by atoms with Gasteiger partial charge in [-0.3, -0.25) is 0 Å². The lowest BCUT2D eigenvalue weighted by atomic mass is 9.96. The summed E-state index contributed by atoms with van der Waals surface area (Å²) in [5.74, 6) is -0.307. The average Bonchev–Trinajstić information content (AvgIpc) is 2.81. The van der Waals surface area contributed by atoms with Crippen molar-refractivity contribution in [3.63, 3.8) is 0 Å². The molecule has 0 spiro atoms. The first kappa shape index (κ1) is 26.1. The molecule has 2 saturated heterocycles. The highest BCUT2D eigenvalue weighted by atomic mass is 19.4. The highest BCUT2D eigenvalue weighted by molar-refractivity contribution is 5.73. The predicted molar refractivity (Wildman–Crippen MR) is 127 cm³/mol. The lowest BCUT2D eigenvalue weighted by Gasteiger charge is -2.48. The Labute approximate surface area is 207 Å². The lowest BCUT2D eigenvalue weighted by molar-refractivity contribution is -0.137. The number of amides is 1. The Morgan fingerprint density at radius 3 is 2.53 bits per heavy atom. The lowest BCUT2D eigenvalue weighted by Crippen LogP contribution is -2.60. The molecule has 2 aromatic rings. The molecule has 0 radical (unpaired) electrons. The van der Waals surface area contributed by atoms with Crippen molar-refractivity contribution in [2.24, 2.45) is 0 Å². The van der Waals surface area contributed by atoms with Crippen LogP contribution in [0, 0.1) is 5.82 Å². The van der Waals surface area contributed by atoms with Crippen molar-refractivity contribution in [2.75, 3.05) is 38.3 Å². The van der Waals surface area contributed by atoms with Gasteiger partial charge in [0.1, 0.15) is 17.2 Å². The van der Waals surface area contributed by atoms with Crippen LogP contribution in [0.3, 0.4) is 0 Å². The van der Waals surface area contributed by atoms with E-state index >= 15 is 4.39 Å². The maximum absolute atomic E-state index is 15.3. The molecule has 0 saturated carbocycles. The van der Waals surface area contributed by atoms with Crippen molar-refractivity contribution >= 4 is 11.8 Å². The number of hydrogen-bond donors (Lipinski definition) is 0. The van der Waals surface area contributed by atoms with E-state index in [0.29, 0.717) is 44.1 Å². The number of methoxy groups -OCH3 is 1. The maximum Gasteiger partial charge on any atom is 0.416 e. The number of fused-ring (bicyclic) bond motifs is 1. The molecule has 0 aromatic heterocycles. The minimum atomic E-state index is -4.53. The summed E-state index contributed by atoms with van der Waals surface area (Å²) in [6.45, 7) is 7.04. The summed E-state index contributed by atoms with van der Waals surface area (Å²) in [5.41, 5.74) is -0.839. The van der Waals surface area contributed by atoms with Crippen molar-refractivity contribution in [3.8, 4) is 16.9 Å².